The van der Waals surface area contributed by atoms with Gasteiger partial charge in [-0.1, -0.05) is 0 Å². The fourth-order valence-corrected chi connectivity index (χ4v) is 1.74. The quantitative estimate of drug-likeness (QED) is 0.399. The van der Waals surface area contributed by atoms with Crippen molar-refractivity contribution in [1.29, 1.82) is 0 Å². The van der Waals surface area contributed by atoms with Gasteiger partial charge in [-0.25, -0.2) is 0 Å². The molecule has 84 valence electrons. The van der Waals surface area contributed by atoms with Crippen LogP contribution in [0.25, 0.3) is 0 Å². The van der Waals surface area contributed by atoms with E-state index in [1.54, 1.807) is 0 Å². The standard InChI is InChI=1S/C8H16O6/c1-13-7-3(9)5(11)8(14-2)6(12)4(7)10/h3-12H,1-2H3/t3-,4-,5+,6+,7?,8?. The van der Waals surface area contributed by atoms with E-state index in [0.29, 0.717) is 0 Å². The Labute approximate surface area is 81.7 Å². The first-order chi connectivity index (χ1) is 6.54. The summed E-state index contributed by atoms with van der Waals surface area (Å²) in [6, 6.07) is 0. The fraction of sp³-hybridized carbons (Fsp3) is 1.00. The van der Waals surface area contributed by atoms with Gasteiger partial charge in [-0.05, 0) is 0 Å². The monoisotopic (exact) mass is 208 g/mol. The van der Waals surface area contributed by atoms with Gasteiger partial charge in [0.2, 0.25) is 0 Å². The molecule has 0 bridgehead atoms. The number of methoxy groups -OCH3 is 2. The Bertz CT molecular complexity index is 151. The van der Waals surface area contributed by atoms with Gasteiger partial charge < -0.3 is 29.9 Å². The van der Waals surface area contributed by atoms with Crippen LogP contribution in [0.2, 0.25) is 0 Å². The predicted octanol–water partition coefficient (Wildman–Crippen LogP) is -2.53. The maximum absolute atomic E-state index is 9.50. The number of hydrogen-bond donors (Lipinski definition) is 4. The van der Waals surface area contributed by atoms with E-state index in [0.717, 1.165) is 0 Å². The number of ether oxygens (including phenoxy) is 2. The van der Waals surface area contributed by atoms with Crippen molar-refractivity contribution in [2.75, 3.05) is 14.2 Å². The van der Waals surface area contributed by atoms with Crippen LogP contribution in [-0.4, -0.2) is 71.3 Å². The van der Waals surface area contributed by atoms with Crippen LogP contribution in [0.1, 0.15) is 0 Å². The Kier molecular flexibility index (Phi) is 3.82. The highest BCUT2D eigenvalue weighted by molar-refractivity contribution is 4.99. The molecule has 4 N–H and O–H groups in total. The highest BCUT2D eigenvalue weighted by Crippen LogP contribution is 2.24. The van der Waals surface area contributed by atoms with Crippen LogP contribution in [0.4, 0.5) is 0 Å². The van der Waals surface area contributed by atoms with Crippen LogP contribution < -0.4 is 0 Å². The average Bonchev–Trinajstić information content (AvgIpc) is 2.17. The Morgan fingerprint density at radius 1 is 0.643 bits per heavy atom. The van der Waals surface area contributed by atoms with Crippen molar-refractivity contribution >= 4 is 0 Å². The van der Waals surface area contributed by atoms with Crippen molar-refractivity contribution in [2.24, 2.45) is 0 Å². The molecule has 0 aromatic heterocycles. The van der Waals surface area contributed by atoms with Crippen molar-refractivity contribution in [3.05, 3.63) is 0 Å². The second-order valence-electron chi connectivity index (χ2n) is 3.36. The van der Waals surface area contributed by atoms with Crippen molar-refractivity contribution in [2.45, 2.75) is 36.6 Å². The Morgan fingerprint density at radius 3 is 1.00 bits per heavy atom. The van der Waals surface area contributed by atoms with Gasteiger partial charge in [-0.3, -0.25) is 0 Å². The van der Waals surface area contributed by atoms with E-state index in [4.69, 9.17) is 9.47 Å². The van der Waals surface area contributed by atoms with Crippen molar-refractivity contribution in [3.63, 3.8) is 0 Å². The molecule has 0 saturated heterocycles. The lowest BCUT2D eigenvalue weighted by molar-refractivity contribution is -0.235. The second kappa shape index (κ2) is 4.52. The Balaban J connectivity index is 2.81. The smallest absolute Gasteiger partial charge is 0.114 e. The van der Waals surface area contributed by atoms with Crippen LogP contribution in [0.5, 0.6) is 0 Å². The van der Waals surface area contributed by atoms with E-state index in [1.807, 2.05) is 0 Å². The predicted molar refractivity (Wildman–Crippen MR) is 45.6 cm³/mol. The summed E-state index contributed by atoms with van der Waals surface area (Å²) >= 11 is 0. The molecule has 0 amide bonds. The average molecular weight is 208 g/mol. The van der Waals surface area contributed by atoms with Gasteiger partial charge in [0.05, 0.1) is 0 Å². The molecule has 1 fully saturated rings. The van der Waals surface area contributed by atoms with Crippen LogP contribution in [0.3, 0.4) is 0 Å². The third-order valence-electron chi connectivity index (χ3n) is 2.59. The number of aliphatic hydroxyl groups is 4. The molecule has 1 rings (SSSR count). The van der Waals surface area contributed by atoms with Gasteiger partial charge in [0.1, 0.15) is 36.6 Å². The minimum Gasteiger partial charge on any atom is -0.387 e. The first-order valence-corrected chi connectivity index (χ1v) is 4.32. The zero-order valence-electron chi connectivity index (χ0n) is 8.07. The highest BCUT2D eigenvalue weighted by atomic mass is 16.5. The van der Waals surface area contributed by atoms with Gasteiger partial charge in [0, 0.05) is 14.2 Å². The molecule has 6 heteroatoms. The summed E-state index contributed by atoms with van der Waals surface area (Å²) in [5.41, 5.74) is 0. The molecule has 6 nitrogen and oxygen atoms in total. The first kappa shape index (κ1) is 11.8. The first-order valence-electron chi connectivity index (χ1n) is 4.32. The molecule has 0 radical (unpaired) electrons. The minimum atomic E-state index is -1.27. The molecule has 0 heterocycles. The van der Waals surface area contributed by atoms with Crippen LogP contribution >= 0.6 is 0 Å². The third kappa shape index (κ3) is 1.77. The molecule has 1 aliphatic rings. The summed E-state index contributed by atoms with van der Waals surface area (Å²) in [6.07, 6.45) is -7.11. The number of rotatable bonds is 2. The molecule has 14 heavy (non-hydrogen) atoms. The van der Waals surface area contributed by atoms with Gasteiger partial charge >= 0.3 is 0 Å². The molecule has 0 aromatic carbocycles. The van der Waals surface area contributed by atoms with Crippen LogP contribution in [0, 0.1) is 0 Å². The molecule has 4 atom stereocenters. The zero-order chi connectivity index (χ0) is 10.9. The lowest BCUT2D eigenvalue weighted by Crippen LogP contribution is -2.64. The summed E-state index contributed by atoms with van der Waals surface area (Å²) in [4.78, 5) is 0. The molecule has 1 saturated carbocycles. The molecule has 0 aliphatic heterocycles. The van der Waals surface area contributed by atoms with Crippen molar-refractivity contribution in [1.82, 2.24) is 0 Å². The van der Waals surface area contributed by atoms with E-state index in [2.05, 4.69) is 0 Å². The maximum atomic E-state index is 9.50. The molecular formula is C8H16O6. The minimum absolute atomic E-state index is 1.01. The fourth-order valence-electron chi connectivity index (χ4n) is 1.74. The summed E-state index contributed by atoms with van der Waals surface area (Å²) in [5.74, 6) is 0. The Hall–Kier alpha value is -0.240. The zero-order valence-corrected chi connectivity index (χ0v) is 8.07. The van der Waals surface area contributed by atoms with Crippen LogP contribution in [0.15, 0.2) is 0 Å². The summed E-state index contributed by atoms with van der Waals surface area (Å²) in [7, 11) is 2.56. The van der Waals surface area contributed by atoms with Gasteiger partial charge in [0.15, 0.2) is 0 Å². The summed E-state index contributed by atoms with van der Waals surface area (Å²) < 4.78 is 9.55. The molecule has 1 aliphatic carbocycles. The highest BCUT2D eigenvalue weighted by Gasteiger charge is 2.49. The van der Waals surface area contributed by atoms with E-state index in [1.165, 1.54) is 14.2 Å². The third-order valence-corrected chi connectivity index (χ3v) is 2.59. The SMILES string of the molecule is COC1[C@@H](O)[C@@H](O)C(OC)[C@H](O)[C@@H]1O. The lowest BCUT2D eigenvalue weighted by atomic mass is 9.85. The van der Waals surface area contributed by atoms with Crippen LogP contribution in [-0.2, 0) is 9.47 Å². The second-order valence-corrected chi connectivity index (χ2v) is 3.36. The van der Waals surface area contributed by atoms with Gasteiger partial charge in [0.25, 0.3) is 0 Å². The van der Waals surface area contributed by atoms with Crippen molar-refractivity contribution < 1.29 is 29.9 Å². The molecular weight excluding hydrogens is 192 g/mol. The lowest BCUT2D eigenvalue weighted by Gasteiger charge is -2.42. The van der Waals surface area contributed by atoms with E-state index in [9.17, 15) is 20.4 Å². The number of hydrogen-bond acceptors (Lipinski definition) is 6. The largest absolute Gasteiger partial charge is 0.387 e. The Morgan fingerprint density at radius 2 is 0.857 bits per heavy atom. The molecule has 0 unspecified atom stereocenters. The van der Waals surface area contributed by atoms with E-state index < -0.39 is 36.6 Å². The van der Waals surface area contributed by atoms with Gasteiger partial charge in [-0.15, -0.1) is 0 Å². The topological polar surface area (TPSA) is 99.4 Å². The normalized spacial score (nSPS) is 49.3. The van der Waals surface area contributed by atoms with E-state index in [-0.39, 0.29) is 0 Å². The van der Waals surface area contributed by atoms with Gasteiger partial charge in [-0.2, -0.15) is 0 Å². The number of aliphatic hydroxyl groups excluding tert-OH is 4. The molecule has 0 aromatic rings. The summed E-state index contributed by atoms with van der Waals surface area (Å²) in [5, 5.41) is 38.0. The van der Waals surface area contributed by atoms with Crippen molar-refractivity contribution in [3.8, 4) is 0 Å². The van der Waals surface area contributed by atoms with E-state index >= 15 is 0 Å². The summed E-state index contributed by atoms with van der Waals surface area (Å²) in [6.45, 7) is 0. The molecule has 0 spiro atoms. The maximum Gasteiger partial charge on any atom is 0.114 e.